The fraction of sp³-hybridized carbons (Fsp3) is 0.278. The van der Waals surface area contributed by atoms with Gasteiger partial charge in [-0.05, 0) is 24.6 Å². The molecule has 130 valence electrons. The van der Waals surface area contributed by atoms with Gasteiger partial charge in [-0.1, -0.05) is 12.1 Å². The van der Waals surface area contributed by atoms with Crippen LogP contribution in [-0.2, 0) is 11.8 Å². The SMILES string of the molecule is Cc1cc2c(c(=O)n1C)C(=O)CC(c1cccc(OCC(=O)O)c1)O2. The van der Waals surface area contributed by atoms with Gasteiger partial charge in [0.15, 0.2) is 12.4 Å². The third-order valence-electron chi connectivity index (χ3n) is 4.14. The number of nitrogens with zero attached hydrogens (tertiary/aromatic N) is 1. The molecule has 0 saturated heterocycles. The van der Waals surface area contributed by atoms with Crippen molar-refractivity contribution in [1.29, 1.82) is 0 Å². The normalized spacial score (nSPS) is 16.1. The summed E-state index contributed by atoms with van der Waals surface area (Å²) in [5, 5.41) is 8.69. The number of aromatic nitrogens is 1. The number of aliphatic carboxylic acids is 1. The van der Waals surface area contributed by atoms with Crippen LogP contribution in [0.3, 0.4) is 0 Å². The molecule has 1 aliphatic rings. The van der Waals surface area contributed by atoms with Gasteiger partial charge in [-0.15, -0.1) is 0 Å². The highest BCUT2D eigenvalue weighted by Crippen LogP contribution is 2.34. The van der Waals surface area contributed by atoms with Crippen molar-refractivity contribution in [3.63, 3.8) is 0 Å². The molecule has 0 amide bonds. The maximum Gasteiger partial charge on any atom is 0.341 e. The number of ether oxygens (including phenoxy) is 2. The number of carbonyl (C=O) groups is 2. The van der Waals surface area contributed by atoms with Crippen molar-refractivity contribution in [3.8, 4) is 11.5 Å². The lowest BCUT2D eigenvalue weighted by molar-refractivity contribution is -0.139. The van der Waals surface area contributed by atoms with Crippen molar-refractivity contribution in [2.45, 2.75) is 19.4 Å². The Labute approximate surface area is 143 Å². The topological polar surface area (TPSA) is 94.8 Å². The molecule has 1 unspecified atom stereocenters. The molecule has 1 aromatic heterocycles. The number of fused-ring (bicyclic) bond motifs is 1. The number of rotatable bonds is 4. The molecule has 0 fully saturated rings. The Morgan fingerprint density at radius 3 is 2.84 bits per heavy atom. The Hall–Kier alpha value is -3.09. The average Bonchev–Trinajstić information content (AvgIpc) is 2.57. The van der Waals surface area contributed by atoms with Crippen LogP contribution in [0, 0.1) is 6.92 Å². The van der Waals surface area contributed by atoms with Crippen molar-refractivity contribution >= 4 is 11.8 Å². The van der Waals surface area contributed by atoms with Gasteiger partial charge in [0.1, 0.15) is 23.2 Å². The Kier molecular flexibility index (Phi) is 4.31. The minimum absolute atomic E-state index is 0.0354. The second-order valence-corrected chi connectivity index (χ2v) is 5.88. The maximum absolute atomic E-state index is 12.5. The minimum Gasteiger partial charge on any atom is -0.484 e. The lowest BCUT2D eigenvalue weighted by atomic mass is 9.96. The first-order valence-corrected chi connectivity index (χ1v) is 7.72. The molecule has 1 aromatic carbocycles. The van der Waals surface area contributed by atoms with E-state index in [-0.39, 0.29) is 29.1 Å². The molecule has 7 heteroatoms. The first kappa shape index (κ1) is 16.8. The van der Waals surface area contributed by atoms with Crippen LogP contribution in [0.5, 0.6) is 11.5 Å². The predicted octanol–water partition coefficient (Wildman–Crippen LogP) is 1.86. The Morgan fingerprint density at radius 2 is 2.12 bits per heavy atom. The molecule has 0 aliphatic carbocycles. The number of aryl methyl sites for hydroxylation is 1. The first-order valence-electron chi connectivity index (χ1n) is 7.72. The molecule has 0 bridgehead atoms. The lowest BCUT2D eigenvalue weighted by Crippen LogP contribution is -2.31. The number of carboxylic acid groups (broad SMARTS) is 1. The molecule has 25 heavy (non-hydrogen) atoms. The Bertz CT molecular complexity index is 914. The zero-order valence-electron chi connectivity index (χ0n) is 13.8. The van der Waals surface area contributed by atoms with Crippen molar-refractivity contribution < 1.29 is 24.2 Å². The van der Waals surface area contributed by atoms with Gasteiger partial charge in [-0.3, -0.25) is 9.59 Å². The quantitative estimate of drug-likeness (QED) is 0.910. The van der Waals surface area contributed by atoms with E-state index in [4.69, 9.17) is 14.6 Å². The molecule has 0 spiro atoms. The number of ketones is 1. The van der Waals surface area contributed by atoms with Crippen LogP contribution >= 0.6 is 0 Å². The Balaban J connectivity index is 1.91. The second-order valence-electron chi connectivity index (χ2n) is 5.88. The summed E-state index contributed by atoms with van der Waals surface area (Å²) in [6.45, 7) is 1.31. The molecular formula is C18H17NO6. The van der Waals surface area contributed by atoms with E-state index in [1.165, 1.54) is 4.57 Å². The zero-order chi connectivity index (χ0) is 18.1. The highest BCUT2D eigenvalue weighted by Gasteiger charge is 2.31. The number of pyridine rings is 1. The van der Waals surface area contributed by atoms with Crippen molar-refractivity contribution in [2.75, 3.05) is 6.61 Å². The number of hydrogen-bond donors (Lipinski definition) is 1. The summed E-state index contributed by atoms with van der Waals surface area (Å²) in [5.74, 6) is -0.695. The van der Waals surface area contributed by atoms with Crippen molar-refractivity contribution in [3.05, 3.63) is 57.5 Å². The van der Waals surface area contributed by atoms with Crippen LogP contribution in [0.15, 0.2) is 35.1 Å². The third-order valence-corrected chi connectivity index (χ3v) is 4.14. The summed E-state index contributed by atoms with van der Waals surface area (Å²) in [5.41, 5.74) is 1.08. The fourth-order valence-electron chi connectivity index (χ4n) is 2.74. The van der Waals surface area contributed by atoms with E-state index in [1.54, 1.807) is 44.3 Å². The van der Waals surface area contributed by atoms with Crippen LogP contribution in [-0.4, -0.2) is 28.0 Å². The summed E-state index contributed by atoms with van der Waals surface area (Å²) < 4.78 is 12.5. The van der Waals surface area contributed by atoms with E-state index in [0.717, 1.165) is 0 Å². The predicted molar refractivity (Wildman–Crippen MR) is 88.3 cm³/mol. The van der Waals surface area contributed by atoms with Crippen LogP contribution < -0.4 is 15.0 Å². The van der Waals surface area contributed by atoms with Gasteiger partial charge < -0.3 is 19.1 Å². The minimum atomic E-state index is -1.07. The molecule has 1 aliphatic heterocycles. The van der Waals surface area contributed by atoms with Crippen LogP contribution in [0.25, 0.3) is 0 Å². The summed E-state index contributed by atoms with van der Waals surface area (Å²) in [7, 11) is 1.61. The van der Waals surface area contributed by atoms with Crippen molar-refractivity contribution in [2.24, 2.45) is 7.05 Å². The highest BCUT2D eigenvalue weighted by atomic mass is 16.5. The molecular weight excluding hydrogens is 326 g/mol. The highest BCUT2D eigenvalue weighted by molar-refractivity contribution is 5.99. The molecule has 1 N–H and O–H groups in total. The van der Waals surface area contributed by atoms with Crippen molar-refractivity contribution in [1.82, 2.24) is 4.57 Å². The average molecular weight is 343 g/mol. The fourth-order valence-corrected chi connectivity index (χ4v) is 2.74. The van der Waals surface area contributed by atoms with Crippen LogP contribution in [0.1, 0.15) is 34.1 Å². The summed E-state index contributed by atoms with van der Waals surface area (Å²) in [6, 6.07) is 8.41. The molecule has 2 heterocycles. The third kappa shape index (κ3) is 3.26. The zero-order valence-corrected chi connectivity index (χ0v) is 13.8. The Morgan fingerprint density at radius 1 is 1.36 bits per heavy atom. The van der Waals surface area contributed by atoms with Gasteiger partial charge in [-0.25, -0.2) is 4.79 Å². The number of carboxylic acids is 1. The number of benzene rings is 1. The van der Waals surface area contributed by atoms with Gasteiger partial charge >= 0.3 is 5.97 Å². The summed E-state index contributed by atoms with van der Waals surface area (Å²) in [6.07, 6.45) is -0.520. The molecule has 0 saturated carbocycles. The molecule has 3 rings (SSSR count). The van der Waals surface area contributed by atoms with E-state index >= 15 is 0 Å². The van der Waals surface area contributed by atoms with Gasteiger partial charge in [-0.2, -0.15) is 0 Å². The summed E-state index contributed by atoms with van der Waals surface area (Å²) in [4.78, 5) is 35.3. The van der Waals surface area contributed by atoms with Crippen LogP contribution in [0.4, 0.5) is 0 Å². The molecule has 0 radical (unpaired) electrons. The smallest absolute Gasteiger partial charge is 0.341 e. The van der Waals surface area contributed by atoms with Gasteiger partial charge in [0, 0.05) is 18.8 Å². The molecule has 2 aromatic rings. The van der Waals surface area contributed by atoms with Gasteiger partial charge in [0.25, 0.3) is 5.56 Å². The monoisotopic (exact) mass is 343 g/mol. The van der Waals surface area contributed by atoms with Gasteiger partial charge in [0.05, 0.1) is 6.42 Å². The second kappa shape index (κ2) is 6.43. The van der Waals surface area contributed by atoms with E-state index < -0.39 is 18.7 Å². The van der Waals surface area contributed by atoms with Gasteiger partial charge in [0.2, 0.25) is 0 Å². The van der Waals surface area contributed by atoms with E-state index in [9.17, 15) is 14.4 Å². The lowest BCUT2D eigenvalue weighted by Gasteiger charge is -2.26. The number of carbonyl (C=O) groups excluding carboxylic acids is 1. The van der Waals surface area contributed by atoms with E-state index in [1.807, 2.05) is 0 Å². The number of Topliss-reactive ketones (excluding diaryl/α,β-unsaturated/α-hetero) is 1. The largest absolute Gasteiger partial charge is 0.484 e. The van der Waals surface area contributed by atoms with E-state index in [0.29, 0.717) is 17.0 Å². The van der Waals surface area contributed by atoms with E-state index in [2.05, 4.69) is 0 Å². The summed E-state index contributed by atoms with van der Waals surface area (Å²) >= 11 is 0. The maximum atomic E-state index is 12.5. The molecule has 7 nitrogen and oxygen atoms in total. The van der Waals surface area contributed by atoms with Crippen LogP contribution in [0.2, 0.25) is 0 Å². The molecule has 1 atom stereocenters. The number of hydrogen-bond acceptors (Lipinski definition) is 5. The first-order chi connectivity index (χ1) is 11.9. The standard InChI is InChI=1S/C18H17NO6/c1-10-6-15-17(18(23)19(10)2)13(20)8-14(25-15)11-4-3-5-12(7-11)24-9-16(21)22/h3-7,14H,8-9H2,1-2H3,(H,21,22).